The van der Waals surface area contributed by atoms with Crippen LogP contribution in [0.5, 0.6) is 5.75 Å². The maximum absolute atomic E-state index is 6.11. The smallest absolute Gasteiger partial charge is 0.137 e. The molecule has 0 saturated heterocycles. The van der Waals surface area contributed by atoms with Crippen molar-refractivity contribution in [2.24, 2.45) is 11.1 Å². The standard InChI is InChI=1S/C13H18ClNO/c1-16-12-4-3-10(7-11(12)14)8-13(9-15)5-2-6-13/h3-4,7H,2,5-6,8-9,15H2,1H3. The molecular weight excluding hydrogens is 222 g/mol. The molecular formula is C13H18ClNO. The number of hydrogen-bond donors (Lipinski definition) is 1. The minimum atomic E-state index is 0.331. The molecule has 0 amide bonds. The van der Waals surface area contributed by atoms with Crippen LogP contribution in [-0.4, -0.2) is 13.7 Å². The van der Waals surface area contributed by atoms with Crippen molar-refractivity contribution < 1.29 is 4.74 Å². The van der Waals surface area contributed by atoms with Crippen LogP contribution in [0, 0.1) is 5.41 Å². The van der Waals surface area contributed by atoms with Gasteiger partial charge in [0, 0.05) is 0 Å². The van der Waals surface area contributed by atoms with E-state index in [4.69, 9.17) is 22.1 Å². The summed E-state index contributed by atoms with van der Waals surface area (Å²) < 4.78 is 5.14. The number of rotatable bonds is 4. The van der Waals surface area contributed by atoms with Gasteiger partial charge in [0.05, 0.1) is 12.1 Å². The van der Waals surface area contributed by atoms with Crippen LogP contribution in [0.3, 0.4) is 0 Å². The summed E-state index contributed by atoms with van der Waals surface area (Å²) in [5.41, 5.74) is 7.44. The first-order valence-electron chi connectivity index (χ1n) is 5.72. The predicted molar refractivity (Wildman–Crippen MR) is 67.0 cm³/mol. The zero-order chi connectivity index (χ0) is 11.6. The Morgan fingerprint density at radius 1 is 1.44 bits per heavy atom. The molecule has 2 N–H and O–H groups in total. The molecule has 2 rings (SSSR count). The van der Waals surface area contributed by atoms with Crippen LogP contribution >= 0.6 is 11.6 Å². The fourth-order valence-electron chi connectivity index (χ4n) is 2.38. The van der Waals surface area contributed by atoms with Gasteiger partial charge in [0.15, 0.2) is 0 Å². The van der Waals surface area contributed by atoms with Gasteiger partial charge in [-0.1, -0.05) is 24.1 Å². The van der Waals surface area contributed by atoms with E-state index in [0.29, 0.717) is 10.4 Å². The fourth-order valence-corrected chi connectivity index (χ4v) is 2.66. The lowest BCUT2D eigenvalue weighted by molar-refractivity contribution is 0.145. The van der Waals surface area contributed by atoms with E-state index in [2.05, 4.69) is 6.07 Å². The highest BCUT2D eigenvalue weighted by Crippen LogP contribution is 2.43. The first-order valence-corrected chi connectivity index (χ1v) is 6.09. The molecule has 0 aliphatic heterocycles. The van der Waals surface area contributed by atoms with E-state index in [1.165, 1.54) is 24.8 Å². The van der Waals surface area contributed by atoms with Crippen LogP contribution < -0.4 is 10.5 Å². The summed E-state index contributed by atoms with van der Waals surface area (Å²) >= 11 is 6.11. The van der Waals surface area contributed by atoms with Crippen LogP contribution in [0.25, 0.3) is 0 Å². The van der Waals surface area contributed by atoms with Crippen molar-refractivity contribution >= 4 is 11.6 Å². The Hall–Kier alpha value is -0.730. The Morgan fingerprint density at radius 2 is 2.19 bits per heavy atom. The predicted octanol–water partition coefficient (Wildman–Crippen LogP) is 3.02. The second-order valence-corrected chi connectivity index (χ2v) is 5.11. The molecule has 0 spiro atoms. The zero-order valence-corrected chi connectivity index (χ0v) is 10.4. The summed E-state index contributed by atoms with van der Waals surface area (Å²) in [4.78, 5) is 0. The van der Waals surface area contributed by atoms with Crippen LogP contribution in [0.4, 0.5) is 0 Å². The van der Waals surface area contributed by atoms with Gasteiger partial charge in [-0.05, 0) is 48.9 Å². The van der Waals surface area contributed by atoms with Crippen LogP contribution in [0.1, 0.15) is 24.8 Å². The Balaban J connectivity index is 2.13. The molecule has 0 atom stereocenters. The quantitative estimate of drug-likeness (QED) is 0.877. The second-order valence-electron chi connectivity index (χ2n) is 4.70. The Kier molecular flexibility index (Phi) is 3.41. The molecule has 3 heteroatoms. The average molecular weight is 240 g/mol. The number of ether oxygens (including phenoxy) is 1. The molecule has 1 aliphatic carbocycles. The molecule has 2 nitrogen and oxygen atoms in total. The third-order valence-corrected chi connectivity index (χ3v) is 3.94. The summed E-state index contributed by atoms with van der Waals surface area (Å²) in [6.45, 7) is 0.774. The van der Waals surface area contributed by atoms with Gasteiger partial charge in [0.1, 0.15) is 5.75 Å². The van der Waals surface area contributed by atoms with E-state index in [0.717, 1.165) is 18.7 Å². The van der Waals surface area contributed by atoms with E-state index >= 15 is 0 Å². The summed E-state index contributed by atoms with van der Waals surface area (Å²) in [6.07, 6.45) is 4.83. The molecule has 16 heavy (non-hydrogen) atoms. The van der Waals surface area contributed by atoms with Gasteiger partial charge in [-0.15, -0.1) is 0 Å². The van der Waals surface area contributed by atoms with Gasteiger partial charge in [-0.2, -0.15) is 0 Å². The molecule has 0 bridgehead atoms. The highest BCUT2D eigenvalue weighted by molar-refractivity contribution is 6.32. The molecule has 1 fully saturated rings. The minimum absolute atomic E-state index is 0.331. The normalized spacial score (nSPS) is 17.9. The Morgan fingerprint density at radius 3 is 2.62 bits per heavy atom. The van der Waals surface area contributed by atoms with Gasteiger partial charge in [-0.3, -0.25) is 0 Å². The first-order chi connectivity index (χ1) is 7.69. The summed E-state index contributed by atoms with van der Waals surface area (Å²) in [5.74, 6) is 0.737. The number of benzene rings is 1. The molecule has 0 heterocycles. The summed E-state index contributed by atoms with van der Waals surface area (Å²) in [6, 6.07) is 6.01. The highest BCUT2D eigenvalue weighted by atomic mass is 35.5. The maximum Gasteiger partial charge on any atom is 0.137 e. The number of methoxy groups -OCH3 is 1. The van der Waals surface area contributed by atoms with Crippen molar-refractivity contribution in [2.75, 3.05) is 13.7 Å². The molecule has 1 aromatic carbocycles. The SMILES string of the molecule is COc1ccc(CC2(CN)CCC2)cc1Cl. The zero-order valence-electron chi connectivity index (χ0n) is 9.63. The minimum Gasteiger partial charge on any atom is -0.495 e. The molecule has 1 saturated carbocycles. The second kappa shape index (κ2) is 4.64. The van der Waals surface area contributed by atoms with E-state index in [1.807, 2.05) is 12.1 Å². The van der Waals surface area contributed by atoms with Crippen molar-refractivity contribution in [3.8, 4) is 5.75 Å². The molecule has 0 unspecified atom stereocenters. The lowest BCUT2D eigenvalue weighted by atomic mass is 9.65. The Labute approximate surface area is 102 Å². The summed E-state index contributed by atoms with van der Waals surface area (Å²) in [7, 11) is 1.63. The van der Waals surface area contributed by atoms with Crippen molar-refractivity contribution in [1.29, 1.82) is 0 Å². The van der Waals surface area contributed by atoms with E-state index in [1.54, 1.807) is 7.11 Å². The molecule has 0 radical (unpaired) electrons. The highest BCUT2D eigenvalue weighted by Gasteiger charge is 2.35. The molecule has 1 aromatic rings. The van der Waals surface area contributed by atoms with E-state index < -0.39 is 0 Å². The van der Waals surface area contributed by atoms with E-state index in [9.17, 15) is 0 Å². The van der Waals surface area contributed by atoms with Gasteiger partial charge in [-0.25, -0.2) is 0 Å². The largest absolute Gasteiger partial charge is 0.495 e. The van der Waals surface area contributed by atoms with Crippen molar-refractivity contribution in [2.45, 2.75) is 25.7 Å². The van der Waals surface area contributed by atoms with Gasteiger partial charge in [0.25, 0.3) is 0 Å². The Bertz CT molecular complexity index is 369. The topological polar surface area (TPSA) is 35.2 Å². The van der Waals surface area contributed by atoms with Crippen molar-refractivity contribution in [3.63, 3.8) is 0 Å². The maximum atomic E-state index is 6.11. The number of hydrogen-bond acceptors (Lipinski definition) is 2. The molecule has 88 valence electrons. The van der Waals surface area contributed by atoms with Gasteiger partial charge >= 0.3 is 0 Å². The van der Waals surface area contributed by atoms with Crippen LogP contribution in [0.2, 0.25) is 5.02 Å². The molecule has 1 aliphatic rings. The third-order valence-electron chi connectivity index (χ3n) is 3.64. The first kappa shape index (κ1) is 11.7. The summed E-state index contributed by atoms with van der Waals surface area (Å²) in [5, 5.41) is 0.687. The van der Waals surface area contributed by atoms with E-state index in [-0.39, 0.29) is 0 Å². The van der Waals surface area contributed by atoms with Crippen LogP contribution in [0.15, 0.2) is 18.2 Å². The number of nitrogens with two attached hydrogens (primary N) is 1. The third kappa shape index (κ3) is 2.18. The van der Waals surface area contributed by atoms with Crippen LogP contribution in [-0.2, 0) is 6.42 Å². The van der Waals surface area contributed by atoms with Crippen molar-refractivity contribution in [3.05, 3.63) is 28.8 Å². The van der Waals surface area contributed by atoms with Crippen molar-refractivity contribution in [1.82, 2.24) is 0 Å². The average Bonchev–Trinajstić information content (AvgIpc) is 2.24. The monoisotopic (exact) mass is 239 g/mol. The lowest BCUT2D eigenvalue weighted by Gasteiger charge is -2.41. The fraction of sp³-hybridized carbons (Fsp3) is 0.538. The molecule has 0 aromatic heterocycles. The van der Waals surface area contributed by atoms with Gasteiger partial charge < -0.3 is 10.5 Å². The van der Waals surface area contributed by atoms with Gasteiger partial charge in [0.2, 0.25) is 0 Å². The lowest BCUT2D eigenvalue weighted by Crippen LogP contribution is -2.39. The number of halogens is 1.